The van der Waals surface area contributed by atoms with E-state index in [1.54, 1.807) is 4.68 Å². The van der Waals surface area contributed by atoms with E-state index < -0.39 is 4.92 Å². The first-order chi connectivity index (χ1) is 10.8. The van der Waals surface area contributed by atoms with Crippen molar-refractivity contribution in [2.24, 2.45) is 0 Å². The third-order valence-electron chi connectivity index (χ3n) is 3.27. The topological polar surface area (TPSA) is 90.1 Å². The number of nitro groups is 1. The number of nitrogens with one attached hydrogen (secondary N) is 1. The van der Waals surface area contributed by atoms with Crippen molar-refractivity contribution < 1.29 is 9.72 Å². The molecule has 9 heteroatoms. The predicted molar refractivity (Wildman–Crippen MR) is 90.8 cm³/mol. The molecule has 7 nitrogen and oxygen atoms in total. The highest BCUT2D eigenvalue weighted by Crippen LogP contribution is 2.28. The van der Waals surface area contributed by atoms with E-state index in [-0.39, 0.29) is 28.7 Å². The molecule has 0 saturated heterocycles. The molecule has 122 valence electrons. The quantitative estimate of drug-likeness (QED) is 0.608. The lowest BCUT2D eigenvalue weighted by molar-refractivity contribution is -0.383. The van der Waals surface area contributed by atoms with Gasteiger partial charge in [0.25, 0.3) is 5.69 Å². The van der Waals surface area contributed by atoms with Gasteiger partial charge in [-0.25, -0.2) is 0 Å². The maximum absolute atomic E-state index is 12.0. The monoisotopic (exact) mass is 400 g/mol. The van der Waals surface area contributed by atoms with E-state index >= 15 is 0 Å². The summed E-state index contributed by atoms with van der Waals surface area (Å²) in [6.07, 6.45) is 0.147. The van der Waals surface area contributed by atoms with Gasteiger partial charge in [-0.05, 0) is 41.9 Å². The van der Waals surface area contributed by atoms with Crippen LogP contribution < -0.4 is 5.32 Å². The maximum Gasteiger partial charge on any atom is 0.294 e. The molecule has 0 aliphatic heterocycles. The van der Waals surface area contributed by atoms with Gasteiger partial charge in [-0.2, -0.15) is 5.10 Å². The maximum atomic E-state index is 12.0. The van der Waals surface area contributed by atoms with Gasteiger partial charge in [-0.15, -0.1) is 0 Å². The molecule has 1 heterocycles. The summed E-state index contributed by atoms with van der Waals surface area (Å²) in [7, 11) is 0. The van der Waals surface area contributed by atoms with Crippen LogP contribution in [-0.2, 0) is 11.3 Å². The van der Waals surface area contributed by atoms with Gasteiger partial charge in [0.05, 0.1) is 21.6 Å². The number of rotatable bonds is 5. The number of carbonyl (C=O) groups excluding carboxylic acids is 1. The SMILES string of the molecule is Cc1nn(CCC(=O)Nc2ccc(Cl)cc2[N+](=O)[O-])c(C)c1Br. The van der Waals surface area contributed by atoms with Crippen LogP contribution in [-0.4, -0.2) is 20.6 Å². The number of anilines is 1. The molecule has 0 aliphatic carbocycles. The number of amides is 1. The minimum absolute atomic E-state index is 0.124. The van der Waals surface area contributed by atoms with Crippen molar-refractivity contribution in [3.05, 3.63) is 49.2 Å². The second kappa shape index (κ2) is 7.10. The molecule has 0 bridgehead atoms. The molecule has 0 spiro atoms. The van der Waals surface area contributed by atoms with Crippen molar-refractivity contribution in [3.8, 4) is 0 Å². The average Bonchev–Trinajstić information content (AvgIpc) is 2.74. The van der Waals surface area contributed by atoms with E-state index in [0.29, 0.717) is 6.54 Å². The normalized spacial score (nSPS) is 10.6. The Hall–Kier alpha value is -1.93. The standard InChI is InChI=1S/C14H14BrClN4O3/c1-8-14(15)9(2)19(18-8)6-5-13(21)17-11-4-3-10(16)7-12(11)20(22)23/h3-4,7H,5-6H2,1-2H3,(H,17,21). The van der Waals surface area contributed by atoms with Crippen molar-refractivity contribution in [3.63, 3.8) is 0 Å². The molecule has 0 aliphatic rings. The summed E-state index contributed by atoms with van der Waals surface area (Å²) in [5.41, 5.74) is 1.66. The largest absolute Gasteiger partial charge is 0.320 e. The Morgan fingerprint density at radius 1 is 1.48 bits per heavy atom. The van der Waals surface area contributed by atoms with Crippen molar-refractivity contribution in [1.82, 2.24) is 9.78 Å². The molecule has 0 unspecified atom stereocenters. The molecular formula is C14H14BrClN4O3. The minimum atomic E-state index is -0.584. The Labute approximate surface area is 145 Å². The zero-order valence-corrected chi connectivity index (χ0v) is 14.8. The van der Waals surface area contributed by atoms with E-state index in [9.17, 15) is 14.9 Å². The second-order valence-electron chi connectivity index (χ2n) is 4.92. The van der Waals surface area contributed by atoms with Gasteiger partial charge >= 0.3 is 0 Å². The van der Waals surface area contributed by atoms with E-state index in [0.717, 1.165) is 15.9 Å². The lowest BCUT2D eigenvalue weighted by atomic mass is 10.2. The zero-order chi connectivity index (χ0) is 17.1. The predicted octanol–water partition coefficient (Wildman–Crippen LogP) is 3.85. The number of nitrogens with zero attached hydrogens (tertiary/aromatic N) is 3. The number of carbonyl (C=O) groups is 1. The molecule has 23 heavy (non-hydrogen) atoms. The molecule has 2 aromatic rings. The number of benzene rings is 1. The number of aromatic nitrogens is 2. The summed E-state index contributed by atoms with van der Waals surface area (Å²) < 4.78 is 2.63. The molecule has 1 amide bonds. The fourth-order valence-corrected chi connectivity index (χ4v) is 2.52. The Kier molecular flexibility index (Phi) is 5.38. The van der Waals surface area contributed by atoms with E-state index in [2.05, 4.69) is 26.3 Å². The Morgan fingerprint density at radius 2 is 2.17 bits per heavy atom. The summed E-state index contributed by atoms with van der Waals surface area (Å²) in [5.74, 6) is -0.334. The van der Waals surface area contributed by atoms with Crippen LogP contribution in [0.2, 0.25) is 5.02 Å². The summed E-state index contributed by atoms with van der Waals surface area (Å²) in [6.45, 7) is 4.14. The molecule has 1 N–H and O–H groups in total. The van der Waals surface area contributed by atoms with Crippen LogP contribution >= 0.6 is 27.5 Å². The summed E-state index contributed by atoms with van der Waals surface area (Å²) in [6, 6.07) is 4.11. The number of halogens is 2. The van der Waals surface area contributed by atoms with Gasteiger partial charge in [-0.3, -0.25) is 19.6 Å². The Bertz CT molecular complexity index is 776. The summed E-state index contributed by atoms with van der Waals surface area (Å²) in [4.78, 5) is 22.4. The molecule has 0 fully saturated rings. The molecular weight excluding hydrogens is 388 g/mol. The Morgan fingerprint density at radius 3 is 2.74 bits per heavy atom. The first-order valence-electron chi connectivity index (χ1n) is 6.73. The molecule has 0 radical (unpaired) electrons. The number of aryl methyl sites for hydroxylation is 2. The lowest BCUT2D eigenvalue weighted by Crippen LogP contribution is -2.16. The lowest BCUT2D eigenvalue weighted by Gasteiger charge is -2.07. The fraction of sp³-hybridized carbons (Fsp3) is 0.286. The number of hydrogen-bond donors (Lipinski definition) is 1. The van der Waals surface area contributed by atoms with Gasteiger partial charge in [0.15, 0.2) is 0 Å². The van der Waals surface area contributed by atoms with Gasteiger partial charge in [-0.1, -0.05) is 11.6 Å². The average molecular weight is 402 g/mol. The zero-order valence-electron chi connectivity index (χ0n) is 12.5. The minimum Gasteiger partial charge on any atom is -0.320 e. The third-order valence-corrected chi connectivity index (χ3v) is 4.66. The van der Waals surface area contributed by atoms with Crippen molar-refractivity contribution in [2.75, 3.05) is 5.32 Å². The highest BCUT2D eigenvalue weighted by Gasteiger charge is 2.17. The van der Waals surface area contributed by atoms with Crippen LogP contribution in [0.4, 0.5) is 11.4 Å². The van der Waals surface area contributed by atoms with Crippen molar-refractivity contribution in [2.45, 2.75) is 26.8 Å². The summed E-state index contributed by atoms with van der Waals surface area (Å²) >= 11 is 9.16. The van der Waals surface area contributed by atoms with Crippen molar-refractivity contribution in [1.29, 1.82) is 0 Å². The molecule has 1 aromatic heterocycles. The highest BCUT2D eigenvalue weighted by molar-refractivity contribution is 9.10. The van der Waals surface area contributed by atoms with Gasteiger partial charge < -0.3 is 5.32 Å². The van der Waals surface area contributed by atoms with E-state index in [1.807, 2.05) is 13.8 Å². The van der Waals surface area contributed by atoms with Crippen molar-refractivity contribution >= 4 is 44.8 Å². The Balaban J connectivity index is 2.05. The molecule has 0 atom stereocenters. The first-order valence-corrected chi connectivity index (χ1v) is 7.90. The fourth-order valence-electron chi connectivity index (χ4n) is 2.07. The van der Waals surface area contributed by atoms with Gasteiger partial charge in [0.2, 0.25) is 5.91 Å². The van der Waals surface area contributed by atoms with Crippen LogP contribution in [0.3, 0.4) is 0 Å². The number of nitro benzene ring substituents is 1. The summed E-state index contributed by atoms with van der Waals surface area (Å²) in [5, 5.41) is 18.1. The number of hydrogen-bond acceptors (Lipinski definition) is 4. The molecule has 2 rings (SSSR count). The van der Waals surface area contributed by atoms with Gasteiger partial charge in [0.1, 0.15) is 5.69 Å². The van der Waals surface area contributed by atoms with E-state index in [4.69, 9.17) is 11.6 Å². The smallest absolute Gasteiger partial charge is 0.294 e. The van der Waals surface area contributed by atoms with Crippen LogP contribution in [0.15, 0.2) is 22.7 Å². The van der Waals surface area contributed by atoms with Crippen LogP contribution in [0.25, 0.3) is 0 Å². The van der Waals surface area contributed by atoms with Crippen LogP contribution in [0.1, 0.15) is 17.8 Å². The molecule has 1 aromatic carbocycles. The van der Waals surface area contributed by atoms with E-state index in [1.165, 1.54) is 18.2 Å². The third kappa shape index (κ3) is 4.08. The first kappa shape index (κ1) is 17.4. The molecule has 0 saturated carbocycles. The van der Waals surface area contributed by atoms with Crippen LogP contribution in [0.5, 0.6) is 0 Å². The van der Waals surface area contributed by atoms with Crippen LogP contribution in [0, 0.1) is 24.0 Å². The highest BCUT2D eigenvalue weighted by atomic mass is 79.9. The second-order valence-corrected chi connectivity index (χ2v) is 6.15. The van der Waals surface area contributed by atoms with Gasteiger partial charge in [0, 0.05) is 23.2 Å².